The zero-order valence-corrected chi connectivity index (χ0v) is 35.8. The topological polar surface area (TPSA) is 364 Å². The molecule has 1 fully saturated rings. The first-order chi connectivity index (χ1) is 26.6. The van der Waals surface area contributed by atoms with Gasteiger partial charge in [-0.2, -0.15) is 4.31 Å². The molecule has 1 saturated heterocycles. The van der Waals surface area contributed by atoms with E-state index in [0.717, 1.165) is 61.1 Å². The predicted octanol–water partition coefficient (Wildman–Crippen LogP) is 1.28. The van der Waals surface area contributed by atoms with E-state index >= 15 is 0 Å². The maximum absolute atomic E-state index is 12.7. The van der Waals surface area contributed by atoms with Crippen LogP contribution in [0.2, 0.25) is 0 Å². The van der Waals surface area contributed by atoms with Crippen LogP contribution >= 0.6 is 35.2 Å². The SMILES string of the molecule is C.CCCCCCCC(=O)SCCNC(=O)CCNC(=O)[C@H](O)C(C)(C)COP(=O)(O)OP(=O)(O)OC[C@H]1O[C@@H](n2cnc3c(N)ncnc32)[C@H](O)[C@@H]1OP(=O)(O)O.[Li]. The predicted molar refractivity (Wildman–Crippen MR) is 213 cm³/mol. The van der Waals surface area contributed by atoms with E-state index in [1.807, 2.05) is 0 Å². The minimum Gasteiger partial charge on any atom is -0.386 e. The summed E-state index contributed by atoms with van der Waals surface area (Å²) in [6.07, 6.45) is -1.22. The van der Waals surface area contributed by atoms with Crippen LogP contribution < -0.4 is 16.4 Å². The molecule has 0 spiro atoms. The number of unbranched alkanes of at least 4 members (excludes halogenated alkanes) is 4. The number of carbonyl (C=O) groups is 3. The molecule has 1 aliphatic heterocycles. The summed E-state index contributed by atoms with van der Waals surface area (Å²) in [4.78, 5) is 87.6. The van der Waals surface area contributed by atoms with Crippen molar-refractivity contribution in [3.8, 4) is 0 Å². The van der Waals surface area contributed by atoms with E-state index in [2.05, 4.69) is 41.3 Å². The maximum atomic E-state index is 12.7. The Labute approximate surface area is 357 Å². The van der Waals surface area contributed by atoms with Crippen LogP contribution in [0.1, 0.15) is 79.4 Å². The first-order valence-electron chi connectivity index (χ1n) is 17.6. The molecule has 0 aromatic carbocycles. The number of fused-ring (bicyclic) bond motifs is 1. The molecule has 2 unspecified atom stereocenters. The van der Waals surface area contributed by atoms with Gasteiger partial charge in [0.2, 0.25) is 11.8 Å². The van der Waals surface area contributed by atoms with Crippen LogP contribution in [0.25, 0.3) is 11.2 Å². The van der Waals surface area contributed by atoms with Crippen molar-refractivity contribution in [1.82, 2.24) is 30.2 Å². The van der Waals surface area contributed by atoms with Crippen LogP contribution in [-0.2, 0) is 50.7 Å². The van der Waals surface area contributed by atoms with E-state index in [-0.39, 0.29) is 67.9 Å². The first-order valence-corrected chi connectivity index (χ1v) is 23.1. The van der Waals surface area contributed by atoms with Gasteiger partial charge in [0, 0.05) is 56.0 Å². The number of rotatable bonds is 25. The molecule has 0 aliphatic carbocycles. The Bertz CT molecular complexity index is 1830. The smallest absolute Gasteiger partial charge is 0.386 e. The number of thioether (sulfide) groups is 1. The van der Waals surface area contributed by atoms with Gasteiger partial charge in [-0.05, 0) is 6.42 Å². The number of aliphatic hydroxyl groups excluding tert-OH is 2. The van der Waals surface area contributed by atoms with Gasteiger partial charge in [-0.3, -0.25) is 32.5 Å². The van der Waals surface area contributed by atoms with Crippen LogP contribution in [0.15, 0.2) is 12.7 Å². The Hall–Kier alpha value is -1.84. The van der Waals surface area contributed by atoms with E-state index in [1.54, 1.807) is 0 Å². The minimum absolute atomic E-state index is 0. The number of aliphatic hydroxyl groups is 2. The molecule has 2 aromatic rings. The molecular formula is C30H54LiN7O17P3S. The maximum Gasteiger partial charge on any atom is 0.481 e. The summed E-state index contributed by atoms with van der Waals surface area (Å²) in [6, 6.07) is 0. The minimum atomic E-state index is -5.57. The first kappa shape index (κ1) is 55.2. The van der Waals surface area contributed by atoms with Crippen LogP contribution in [0.4, 0.5) is 5.82 Å². The number of aromatic nitrogens is 4. The van der Waals surface area contributed by atoms with E-state index in [1.165, 1.54) is 13.8 Å². The summed E-state index contributed by atoms with van der Waals surface area (Å²) in [5, 5.41) is 26.5. The number of nitrogens with two attached hydrogens (primary N) is 1. The number of nitrogen functional groups attached to an aromatic ring is 1. The molecule has 333 valence electrons. The average Bonchev–Trinajstić information content (AvgIpc) is 3.68. The van der Waals surface area contributed by atoms with Gasteiger partial charge in [0.1, 0.15) is 36.3 Å². The molecule has 1 aliphatic rings. The third-order valence-corrected chi connectivity index (χ3v) is 12.3. The Morgan fingerprint density at radius 1 is 1.00 bits per heavy atom. The van der Waals surface area contributed by atoms with Crippen molar-refractivity contribution in [3.63, 3.8) is 0 Å². The third kappa shape index (κ3) is 18.2. The van der Waals surface area contributed by atoms with Crippen molar-refractivity contribution in [2.45, 2.75) is 104 Å². The van der Waals surface area contributed by atoms with Crippen LogP contribution in [0.5, 0.6) is 0 Å². The normalized spacial score (nSPS) is 20.8. The summed E-state index contributed by atoms with van der Waals surface area (Å²) in [6.45, 7) is 2.67. The molecule has 3 rings (SSSR count). The number of imidazole rings is 1. The standard InChI is InChI=1S/C29H50N7O17P3S.CH4.Li/c1-4-5-6-7-8-9-20(38)57-13-12-31-19(37)10-11-32-27(41)24(40)29(2,3)15-50-56(47,48)53-55(45,46)49-14-18-23(52-54(42,43)44)22(39)28(51-18)36-17-35-21-25(30)33-16-34-26(21)36;;/h16-18,22-24,28,39-40H,4-15H2,1-3H3,(H,31,37)(H,32,41)(H,45,46)(H,47,48)(H2,30,33,34)(H2,42,43,44);1H4;/t18-,22-,23-,24+,28-;;/m1../s1. The second-order valence-corrected chi connectivity index (χ2v) is 18.8. The largest absolute Gasteiger partial charge is 0.481 e. The van der Waals surface area contributed by atoms with Crippen LogP contribution in [-0.4, -0.2) is 142 Å². The fourth-order valence-electron chi connectivity index (χ4n) is 5.24. The molecule has 1 radical (unpaired) electrons. The van der Waals surface area contributed by atoms with Crippen LogP contribution in [0, 0.1) is 5.41 Å². The summed E-state index contributed by atoms with van der Waals surface area (Å²) >= 11 is 1.13. The summed E-state index contributed by atoms with van der Waals surface area (Å²) < 4.78 is 62.1. The summed E-state index contributed by atoms with van der Waals surface area (Å²) in [5.74, 6) is -1.03. The molecular weight excluding hydrogens is 862 g/mol. The molecule has 2 aromatic heterocycles. The van der Waals surface area contributed by atoms with Crippen molar-refractivity contribution in [2.75, 3.05) is 37.8 Å². The van der Waals surface area contributed by atoms with Crippen molar-refractivity contribution < 1.29 is 80.5 Å². The molecule has 7 atom stereocenters. The van der Waals surface area contributed by atoms with Gasteiger partial charge in [-0.25, -0.2) is 28.6 Å². The second-order valence-electron chi connectivity index (χ2n) is 13.5. The van der Waals surface area contributed by atoms with Crippen LogP contribution in [0.3, 0.4) is 0 Å². The van der Waals surface area contributed by atoms with Crippen molar-refractivity contribution in [2.24, 2.45) is 5.41 Å². The molecule has 10 N–H and O–H groups in total. The van der Waals surface area contributed by atoms with E-state index in [4.69, 9.17) is 19.5 Å². The zero-order valence-electron chi connectivity index (χ0n) is 32.3. The van der Waals surface area contributed by atoms with Gasteiger partial charge in [-0.15, -0.1) is 0 Å². The van der Waals surface area contributed by atoms with E-state index < -0.39 is 84.6 Å². The number of phosphoric ester groups is 3. The fourth-order valence-corrected chi connectivity index (χ4v) is 8.79. The van der Waals surface area contributed by atoms with Gasteiger partial charge in [0.05, 0.1) is 19.5 Å². The number of hydrogen-bond donors (Lipinski definition) is 9. The second kappa shape index (κ2) is 24.7. The van der Waals surface area contributed by atoms with Crippen molar-refractivity contribution in [1.29, 1.82) is 0 Å². The van der Waals surface area contributed by atoms with Gasteiger partial charge < -0.3 is 50.9 Å². The number of amides is 2. The summed E-state index contributed by atoms with van der Waals surface area (Å²) in [5.41, 5.74) is 4.27. The molecule has 59 heavy (non-hydrogen) atoms. The molecule has 29 heteroatoms. The summed E-state index contributed by atoms with van der Waals surface area (Å²) in [7, 11) is -16.4. The molecule has 3 heterocycles. The number of nitrogens with zero attached hydrogens (tertiary/aromatic N) is 4. The Kier molecular flexibility index (Phi) is 23.1. The third-order valence-electron chi connectivity index (χ3n) is 8.25. The average molecular weight is 917 g/mol. The Morgan fingerprint density at radius 2 is 1.66 bits per heavy atom. The Balaban J connectivity index is 0.00000870. The number of anilines is 1. The van der Waals surface area contributed by atoms with Gasteiger partial charge in [0.25, 0.3) is 0 Å². The van der Waals surface area contributed by atoms with Gasteiger partial charge in [0.15, 0.2) is 22.8 Å². The monoisotopic (exact) mass is 916 g/mol. The number of phosphoric acid groups is 3. The van der Waals surface area contributed by atoms with Crippen molar-refractivity contribution >= 4 is 88.0 Å². The molecule has 24 nitrogen and oxygen atoms in total. The number of hydrogen-bond acceptors (Lipinski definition) is 18. The number of nitrogens with one attached hydrogen (secondary N) is 2. The van der Waals surface area contributed by atoms with E-state index in [0.29, 0.717) is 12.2 Å². The zero-order chi connectivity index (χ0) is 42.6. The number of carbonyl (C=O) groups excluding carboxylic acids is 3. The Morgan fingerprint density at radius 3 is 2.32 bits per heavy atom. The molecule has 2 amide bonds. The molecule has 0 saturated carbocycles. The molecule has 0 bridgehead atoms. The quantitative estimate of drug-likeness (QED) is 0.0385. The van der Waals surface area contributed by atoms with Gasteiger partial charge >= 0.3 is 23.5 Å². The number of ether oxygens (including phenoxy) is 1. The van der Waals surface area contributed by atoms with E-state index in [9.17, 15) is 57.9 Å². The van der Waals surface area contributed by atoms with Gasteiger partial charge in [-0.1, -0.05) is 65.6 Å². The van der Waals surface area contributed by atoms with Crippen molar-refractivity contribution in [3.05, 3.63) is 12.7 Å². The fraction of sp³-hybridized carbons (Fsp3) is 0.733.